The van der Waals surface area contributed by atoms with E-state index in [4.69, 9.17) is 11.6 Å². The second-order valence-electron chi connectivity index (χ2n) is 6.17. The van der Waals surface area contributed by atoms with Crippen molar-refractivity contribution < 1.29 is 4.79 Å². The first-order valence-electron chi connectivity index (χ1n) is 8.27. The number of hydrogen-bond donors (Lipinski definition) is 1. The van der Waals surface area contributed by atoms with Crippen molar-refractivity contribution in [1.82, 2.24) is 15.3 Å². The SMILES string of the molecule is Cc1nc(SCC(=O)N[C@@H](C)c2cccc(Cl)c2)c2c(C)c(C)sc2n1. The molecule has 0 aliphatic carbocycles. The number of aryl methyl sites for hydroxylation is 3. The van der Waals surface area contributed by atoms with Gasteiger partial charge in [0.2, 0.25) is 5.91 Å². The average molecular weight is 406 g/mol. The predicted molar refractivity (Wildman–Crippen MR) is 110 cm³/mol. The van der Waals surface area contributed by atoms with Crippen molar-refractivity contribution in [2.75, 3.05) is 5.75 Å². The number of carbonyl (C=O) groups is 1. The van der Waals surface area contributed by atoms with Gasteiger partial charge in [-0.25, -0.2) is 9.97 Å². The van der Waals surface area contributed by atoms with E-state index in [2.05, 4.69) is 29.1 Å². The highest BCUT2D eigenvalue weighted by Gasteiger charge is 2.16. The molecule has 0 spiro atoms. The van der Waals surface area contributed by atoms with Gasteiger partial charge >= 0.3 is 0 Å². The summed E-state index contributed by atoms with van der Waals surface area (Å²) in [5.41, 5.74) is 2.18. The molecule has 0 fully saturated rings. The summed E-state index contributed by atoms with van der Waals surface area (Å²) in [6, 6.07) is 7.44. The fraction of sp³-hybridized carbons (Fsp3) is 0.316. The normalized spacial score (nSPS) is 12.3. The number of halogens is 1. The largest absolute Gasteiger partial charge is 0.349 e. The van der Waals surface area contributed by atoms with Crippen molar-refractivity contribution in [3.8, 4) is 0 Å². The standard InChI is InChI=1S/C19H20ClN3OS2/c1-10-12(3)26-19-17(10)18(22-13(4)23-19)25-9-16(24)21-11(2)14-6-5-7-15(20)8-14/h5-8,11H,9H2,1-4H3,(H,21,24)/t11-/m0/s1. The second kappa shape index (κ2) is 7.94. The number of nitrogens with zero attached hydrogens (tertiary/aromatic N) is 2. The van der Waals surface area contributed by atoms with Gasteiger partial charge in [0, 0.05) is 15.3 Å². The molecule has 0 saturated heterocycles. The topological polar surface area (TPSA) is 54.9 Å². The maximum atomic E-state index is 12.4. The Morgan fingerprint density at radius 3 is 2.81 bits per heavy atom. The summed E-state index contributed by atoms with van der Waals surface area (Å²) < 4.78 is 0. The Bertz CT molecular complexity index is 971. The van der Waals surface area contributed by atoms with Gasteiger partial charge in [0.15, 0.2) is 0 Å². The summed E-state index contributed by atoms with van der Waals surface area (Å²) >= 11 is 9.15. The van der Waals surface area contributed by atoms with Crippen LogP contribution in [-0.2, 0) is 4.79 Å². The van der Waals surface area contributed by atoms with Gasteiger partial charge in [-0.05, 0) is 51.0 Å². The number of fused-ring (bicyclic) bond motifs is 1. The van der Waals surface area contributed by atoms with E-state index in [-0.39, 0.29) is 11.9 Å². The molecular weight excluding hydrogens is 386 g/mol. The molecule has 0 bridgehead atoms. The maximum Gasteiger partial charge on any atom is 0.230 e. The second-order valence-corrected chi connectivity index (χ2v) is 8.78. The van der Waals surface area contributed by atoms with Crippen LogP contribution in [0.4, 0.5) is 0 Å². The van der Waals surface area contributed by atoms with Crippen molar-refractivity contribution in [2.24, 2.45) is 0 Å². The molecule has 136 valence electrons. The Morgan fingerprint density at radius 2 is 2.08 bits per heavy atom. The Hall–Kier alpha value is -1.63. The van der Waals surface area contributed by atoms with Crippen LogP contribution < -0.4 is 5.32 Å². The third-order valence-corrected chi connectivity index (χ3v) is 6.49. The van der Waals surface area contributed by atoms with Gasteiger partial charge in [-0.3, -0.25) is 4.79 Å². The zero-order chi connectivity index (χ0) is 18.8. The molecule has 3 aromatic rings. The number of carbonyl (C=O) groups excluding carboxylic acids is 1. The van der Waals surface area contributed by atoms with Crippen LogP contribution in [0.3, 0.4) is 0 Å². The third kappa shape index (κ3) is 4.19. The summed E-state index contributed by atoms with van der Waals surface area (Å²) in [5, 5.41) is 5.63. The van der Waals surface area contributed by atoms with Crippen LogP contribution in [0.2, 0.25) is 5.02 Å². The minimum atomic E-state index is -0.0981. The molecule has 3 rings (SSSR count). The molecule has 2 heterocycles. The number of thioether (sulfide) groups is 1. The molecule has 0 radical (unpaired) electrons. The molecule has 0 aliphatic rings. The molecule has 1 atom stereocenters. The highest BCUT2D eigenvalue weighted by atomic mass is 35.5. The van der Waals surface area contributed by atoms with Gasteiger partial charge < -0.3 is 5.32 Å². The lowest BCUT2D eigenvalue weighted by Gasteiger charge is -2.14. The van der Waals surface area contributed by atoms with Crippen LogP contribution >= 0.6 is 34.7 Å². The number of thiophene rings is 1. The van der Waals surface area contributed by atoms with E-state index in [0.29, 0.717) is 10.8 Å². The van der Waals surface area contributed by atoms with Crippen molar-refractivity contribution in [2.45, 2.75) is 38.8 Å². The van der Waals surface area contributed by atoms with Gasteiger partial charge in [-0.1, -0.05) is 35.5 Å². The summed E-state index contributed by atoms with van der Waals surface area (Å²) in [4.78, 5) is 23.7. The molecule has 1 aromatic carbocycles. The third-order valence-electron chi connectivity index (χ3n) is 4.17. The summed E-state index contributed by atoms with van der Waals surface area (Å²) in [6.45, 7) is 8.01. The lowest BCUT2D eigenvalue weighted by Crippen LogP contribution is -2.28. The van der Waals surface area contributed by atoms with Crippen LogP contribution in [0.5, 0.6) is 0 Å². The van der Waals surface area contributed by atoms with E-state index >= 15 is 0 Å². The Morgan fingerprint density at radius 1 is 1.31 bits per heavy atom. The monoisotopic (exact) mass is 405 g/mol. The highest BCUT2D eigenvalue weighted by Crippen LogP contribution is 2.35. The first-order chi connectivity index (χ1) is 12.3. The van der Waals surface area contributed by atoms with E-state index in [1.165, 1.54) is 22.2 Å². The number of aromatic nitrogens is 2. The number of amides is 1. The molecule has 0 saturated carbocycles. The van der Waals surface area contributed by atoms with Gasteiger partial charge in [-0.2, -0.15) is 0 Å². The van der Waals surface area contributed by atoms with Gasteiger partial charge in [0.05, 0.1) is 11.8 Å². The predicted octanol–water partition coefficient (Wildman–Crippen LogP) is 5.24. The molecule has 0 aliphatic heterocycles. The fourth-order valence-corrected chi connectivity index (χ4v) is 4.98. The first kappa shape index (κ1) is 19.1. The Kier molecular flexibility index (Phi) is 5.85. The van der Waals surface area contributed by atoms with E-state index in [9.17, 15) is 4.79 Å². The van der Waals surface area contributed by atoms with E-state index in [1.54, 1.807) is 11.3 Å². The van der Waals surface area contributed by atoms with Crippen molar-refractivity contribution in [1.29, 1.82) is 0 Å². The molecule has 7 heteroatoms. The van der Waals surface area contributed by atoms with Gasteiger partial charge in [0.25, 0.3) is 0 Å². The number of rotatable bonds is 5. The molecule has 2 aromatic heterocycles. The van der Waals surface area contributed by atoms with Crippen LogP contribution in [0.1, 0.15) is 34.8 Å². The molecule has 1 amide bonds. The maximum absolute atomic E-state index is 12.4. The molecule has 4 nitrogen and oxygen atoms in total. The smallest absolute Gasteiger partial charge is 0.230 e. The van der Waals surface area contributed by atoms with E-state index < -0.39 is 0 Å². The fourth-order valence-electron chi connectivity index (χ4n) is 2.70. The van der Waals surface area contributed by atoms with Crippen molar-refractivity contribution in [3.05, 3.63) is 51.1 Å². The minimum absolute atomic E-state index is 0.0310. The van der Waals surface area contributed by atoms with Crippen LogP contribution in [0, 0.1) is 20.8 Å². The first-order valence-corrected chi connectivity index (χ1v) is 10.4. The zero-order valence-corrected chi connectivity index (χ0v) is 17.5. The molecule has 1 N–H and O–H groups in total. The lowest BCUT2D eigenvalue weighted by atomic mass is 10.1. The van der Waals surface area contributed by atoms with Gasteiger partial charge in [-0.15, -0.1) is 11.3 Å². The van der Waals surface area contributed by atoms with E-state index in [0.717, 1.165) is 26.6 Å². The minimum Gasteiger partial charge on any atom is -0.349 e. The van der Waals surface area contributed by atoms with Crippen LogP contribution in [0.15, 0.2) is 29.3 Å². The zero-order valence-electron chi connectivity index (χ0n) is 15.1. The van der Waals surface area contributed by atoms with Crippen LogP contribution in [0.25, 0.3) is 10.2 Å². The summed E-state index contributed by atoms with van der Waals surface area (Å²) in [6.07, 6.45) is 0. The number of benzene rings is 1. The quantitative estimate of drug-likeness (QED) is 0.465. The van der Waals surface area contributed by atoms with Crippen molar-refractivity contribution >= 4 is 50.8 Å². The van der Waals surface area contributed by atoms with Crippen LogP contribution in [-0.4, -0.2) is 21.6 Å². The number of hydrogen-bond acceptors (Lipinski definition) is 5. The Labute approximate surface area is 166 Å². The molecular formula is C19H20ClN3OS2. The number of nitrogens with one attached hydrogen (secondary N) is 1. The summed E-state index contributed by atoms with van der Waals surface area (Å²) in [5.74, 6) is 1.01. The van der Waals surface area contributed by atoms with Crippen molar-refractivity contribution in [3.63, 3.8) is 0 Å². The molecule has 0 unspecified atom stereocenters. The summed E-state index contributed by atoms with van der Waals surface area (Å²) in [7, 11) is 0. The average Bonchev–Trinajstić information content (AvgIpc) is 2.86. The Balaban J connectivity index is 1.71. The van der Waals surface area contributed by atoms with Gasteiger partial charge in [0.1, 0.15) is 15.7 Å². The molecule has 26 heavy (non-hydrogen) atoms. The lowest BCUT2D eigenvalue weighted by molar-refractivity contribution is -0.119. The van der Waals surface area contributed by atoms with E-state index in [1.807, 2.05) is 38.1 Å². The highest BCUT2D eigenvalue weighted by molar-refractivity contribution is 8.00.